The van der Waals surface area contributed by atoms with Crippen molar-refractivity contribution in [1.29, 1.82) is 0 Å². The van der Waals surface area contributed by atoms with E-state index in [9.17, 15) is 18.0 Å². The Balaban J connectivity index is 2.29. The van der Waals surface area contributed by atoms with Gasteiger partial charge in [-0.2, -0.15) is 0 Å². The Morgan fingerprint density at radius 3 is 2.00 bits per heavy atom. The van der Waals surface area contributed by atoms with Gasteiger partial charge in [-0.25, -0.2) is 13.2 Å². The van der Waals surface area contributed by atoms with Gasteiger partial charge in [0.2, 0.25) is 5.91 Å². The zero-order chi connectivity index (χ0) is 26.0. The summed E-state index contributed by atoms with van der Waals surface area (Å²) >= 11 is 0. The second-order valence-electron chi connectivity index (χ2n) is 6.66. The number of nitrogens with one attached hydrogen (secondary N) is 2. The van der Waals surface area contributed by atoms with Gasteiger partial charge in [-0.15, -0.1) is 0 Å². The first-order chi connectivity index (χ1) is 16.7. The van der Waals surface area contributed by atoms with Crippen molar-refractivity contribution in [2.45, 2.75) is 0 Å². The molecular weight excluding hydrogens is 480 g/mol. The molecule has 0 aliphatic carbocycles. The van der Waals surface area contributed by atoms with Gasteiger partial charge in [0.25, 0.3) is 10.0 Å². The minimum Gasteiger partial charge on any atom is -0.496 e. The maximum absolute atomic E-state index is 12.7. The number of hydrogen-bond acceptors (Lipinski definition) is 9. The first kappa shape index (κ1) is 27.1. The maximum atomic E-state index is 12.7. The number of carbonyl (C=O) groups is 2. The summed E-state index contributed by atoms with van der Waals surface area (Å²) in [6, 6.07) is 7.47. The van der Waals surface area contributed by atoms with Crippen molar-refractivity contribution in [3.63, 3.8) is 0 Å². The first-order valence-corrected chi connectivity index (χ1v) is 11.5. The van der Waals surface area contributed by atoms with Crippen LogP contribution in [0.25, 0.3) is 6.08 Å². The predicted octanol–water partition coefficient (Wildman–Crippen LogP) is 2.80. The van der Waals surface area contributed by atoms with Crippen LogP contribution in [0.2, 0.25) is 0 Å². The fraction of sp³-hybridized carbons (Fsp3) is 0.217. The Bertz CT molecular complexity index is 1210. The molecule has 0 saturated heterocycles. The smallest absolute Gasteiger partial charge is 0.330 e. The van der Waals surface area contributed by atoms with Gasteiger partial charge in [-0.3, -0.25) is 9.52 Å². The van der Waals surface area contributed by atoms with Crippen molar-refractivity contribution in [3.8, 4) is 23.0 Å². The fourth-order valence-corrected chi connectivity index (χ4v) is 3.65. The molecule has 0 saturated carbocycles. The van der Waals surface area contributed by atoms with Crippen molar-refractivity contribution in [2.75, 3.05) is 45.6 Å². The van der Waals surface area contributed by atoms with Crippen LogP contribution in [0, 0.1) is 0 Å². The molecular formula is C23H26N2O9S. The van der Waals surface area contributed by atoms with Gasteiger partial charge in [0.1, 0.15) is 23.0 Å². The molecule has 0 unspecified atom stereocenters. The molecule has 0 atom stereocenters. The molecule has 2 aromatic rings. The lowest BCUT2D eigenvalue weighted by atomic mass is 10.1. The van der Waals surface area contributed by atoms with E-state index in [4.69, 9.17) is 18.9 Å². The number of benzene rings is 2. The molecule has 0 aliphatic rings. The number of esters is 1. The number of rotatable bonds is 11. The summed E-state index contributed by atoms with van der Waals surface area (Å²) in [6.07, 6.45) is 3.24. The summed E-state index contributed by atoms with van der Waals surface area (Å²) < 4.78 is 53.3. The van der Waals surface area contributed by atoms with Crippen LogP contribution in [-0.4, -0.2) is 55.8 Å². The molecule has 0 fully saturated rings. The van der Waals surface area contributed by atoms with Crippen LogP contribution in [-0.2, 0) is 24.3 Å². The van der Waals surface area contributed by atoms with Crippen LogP contribution in [0.4, 0.5) is 11.4 Å². The normalized spacial score (nSPS) is 11.2. The Morgan fingerprint density at radius 2 is 1.46 bits per heavy atom. The number of methoxy groups -OCH3 is 5. The summed E-state index contributed by atoms with van der Waals surface area (Å²) in [6.45, 7) is 0. The number of ether oxygens (including phenoxy) is 5. The number of anilines is 2. The molecule has 0 radical (unpaired) electrons. The molecule has 12 heteroatoms. The van der Waals surface area contributed by atoms with Crippen LogP contribution < -0.4 is 29.0 Å². The second-order valence-corrected chi connectivity index (χ2v) is 8.22. The fourth-order valence-electron chi connectivity index (χ4n) is 2.81. The van der Waals surface area contributed by atoms with Gasteiger partial charge in [0.05, 0.1) is 57.9 Å². The second kappa shape index (κ2) is 12.3. The van der Waals surface area contributed by atoms with E-state index in [1.807, 2.05) is 0 Å². The number of carbonyl (C=O) groups excluding carboxylic acids is 2. The number of hydrogen-bond donors (Lipinski definition) is 2. The number of amides is 1. The van der Waals surface area contributed by atoms with Crippen LogP contribution >= 0.6 is 0 Å². The topological polar surface area (TPSA) is 138 Å². The van der Waals surface area contributed by atoms with Gasteiger partial charge in [-0.05, 0) is 24.3 Å². The van der Waals surface area contributed by atoms with E-state index < -0.39 is 21.9 Å². The lowest BCUT2D eigenvalue weighted by molar-refractivity contribution is -0.135. The molecule has 2 N–H and O–H groups in total. The van der Waals surface area contributed by atoms with Gasteiger partial charge in [0, 0.05) is 24.3 Å². The van der Waals surface area contributed by atoms with E-state index in [1.165, 1.54) is 59.8 Å². The highest BCUT2D eigenvalue weighted by Gasteiger charge is 2.14. The summed E-state index contributed by atoms with van der Waals surface area (Å²) in [5.41, 5.74) is 0.715. The SMILES string of the molecule is COC(=O)/C=C/C(=O)Nc1cc(NS(=O)(=O)/C=C/c2c(OC)cc(OC)cc2OC)ccc1OC. The van der Waals surface area contributed by atoms with Crippen molar-refractivity contribution in [2.24, 2.45) is 0 Å². The minimum atomic E-state index is -3.99. The Hall–Kier alpha value is -4.19. The highest BCUT2D eigenvalue weighted by Crippen LogP contribution is 2.35. The summed E-state index contributed by atoms with van der Waals surface area (Å²) in [4.78, 5) is 23.2. The third-order valence-electron chi connectivity index (χ3n) is 4.46. The monoisotopic (exact) mass is 506 g/mol. The van der Waals surface area contributed by atoms with Crippen LogP contribution in [0.3, 0.4) is 0 Å². The lowest BCUT2D eigenvalue weighted by Crippen LogP contribution is -2.12. The highest BCUT2D eigenvalue weighted by atomic mass is 32.2. The van der Waals surface area contributed by atoms with Crippen LogP contribution in [0.1, 0.15) is 5.56 Å². The standard InChI is InChI=1S/C23H26N2O9S/c1-30-16-13-20(32-3)17(21(14-16)33-4)10-11-35(28,29)25-15-6-7-19(31-2)18(12-15)24-22(26)8-9-23(27)34-5/h6-14,25H,1-5H3,(H,24,26)/b9-8+,11-10+. The molecule has 1 amide bonds. The highest BCUT2D eigenvalue weighted by molar-refractivity contribution is 7.95. The van der Waals surface area contributed by atoms with Crippen molar-refractivity contribution >= 4 is 39.4 Å². The van der Waals surface area contributed by atoms with E-state index in [2.05, 4.69) is 14.8 Å². The molecule has 0 aromatic heterocycles. The van der Waals surface area contributed by atoms with Crippen molar-refractivity contribution in [1.82, 2.24) is 0 Å². The Morgan fingerprint density at radius 1 is 0.829 bits per heavy atom. The van der Waals surface area contributed by atoms with Crippen LogP contribution in [0.15, 0.2) is 47.9 Å². The van der Waals surface area contributed by atoms with E-state index >= 15 is 0 Å². The zero-order valence-corrected chi connectivity index (χ0v) is 20.6. The van der Waals surface area contributed by atoms with Crippen LogP contribution in [0.5, 0.6) is 23.0 Å². The van der Waals surface area contributed by atoms with E-state index in [-0.39, 0.29) is 17.1 Å². The minimum absolute atomic E-state index is 0.149. The molecule has 0 heterocycles. The molecule has 188 valence electrons. The van der Waals surface area contributed by atoms with Gasteiger partial charge < -0.3 is 29.0 Å². The summed E-state index contributed by atoms with van der Waals surface area (Å²) in [5, 5.41) is 3.46. The third kappa shape index (κ3) is 7.67. The summed E-state index contributed by atoms with van der Waals surface area (Å²) in [7, 11) is 2.93. The van der Waals surface area contributed by atoms with Crippen molar-refractivity contribution < 1.29 is 41.7 Å². The molecule has 0 bridgehead atoms. The Labute approximate surface area is 203 Å². The maximum Gasteiger partial charge on any atom is 0.330 e. The van der Waals surface area contributed by atoms with Crippen molar-refractivity contribution in [3.05, 3.63) is 53.5 Å². The lowest BCUT2D eigenvalue weighted by Gasteiger charge is -2.13. The molecule has 0 aliphatic heterocycles. The largest absolute Gasteiger partial charge is 0.496 e. The molecule has 2 aromatic carbocycles. The van der Waals surface area contributed by atoms with Gasteiger partial charge in [0.15, 0.2) is 0 Å². The van der Waals surface area contributed by atoms with E-state index in [0.29, 0.717) is 22.8 Å². The summed E-state index contributed by atoms with van der Waals surface area (Å²) in [5.74, 6) is 0.101. The number of sulfonamides is 1. The predicted molar refractivity (Wildman–Crippen MR) is 130 cm³/mol. The van der Waals surface area contributed by atoms with Gasteiger partial charge in [-0.1, -0.05) is 0 Å². The quantitative estimate of drug-likeness (QED) is 0.348. The average Bonchev–Trinajstić information content (AvgIpc) is 2.85. The third-order valence-corrected chi connectivity index (χ3v) is 5.47. The average molecular weight is 507 g/mol. The molecule has 11 nitrogen and oxygen atoms in total. The molecule has 0 spiro atoms. The van der Waals surface area contributed by atoms with E-state index in [0.717, 1.165) is 17.6 Å². The Kier molecular flexibility index (Phi) is 9.53. The first-order valence-electron chi connectivity index (χ1n) is 9.92. The molecule has 35 heavy (non-hydrogen) atoms. The van der Waals surface area contributed by atoms with Gasteiger partial charge >= 0.3 is 5.97 Å². The van der Waals surface area contributed by atoms with E-state index in [1.54, 1.807) is 12.1 Å². The zero-order valence-electron chi connectivity index (χ0n) is 19.8. The molecule has 2 rings (SSSR count).